The summed E-state index contributed by atoms with van der Waals surface area (Å²) in [6.45, 7) is 0.126. The summed E-state index contributed by atoms with van der Waals surface area (Å²) < 4.78 is 4.55. The smallest absolute Gasteiger partial charge is 0.339 e. The molecule has 6 nitrogen and oxygen atoms in total. The predicted octanol–water partition coefficient (Wildman–Crippen LogP) is -0.689. The lowest BCUT2D eigenvalue weighted by molar-refractivity contribution is 0.0600. The molecule has 0 fully saturated rings. The third-order valence-corrected chi connectivity index (χ3v) is 2.26. The van der Waals surface area contributed by atoms with Crippen LogP contribution in [0.3, 0.4) is 0 Å². The second kappa shape index (κ2) is 6.95. The molecule has 6 heteroatoms. The van der Waals surface area contributed by atoms with Crippen LogP contribution >= 0.6 is 0 Å². The molecular weight excluding hydrogens is 224 g/mol. The molecule has 0 aromatic carbocycles. The van der Waals surface area contributed by atoms with Gasteiger partial charge in [-0.3, -0.25) is 4.98 Å². The van der Waals surface area contributed by atoms with E-state index in [4.69, 9.17) is 10.2 Å². The summed E-state index contributed by atoms with van der Waals surface area (Å²) in [6, 6.07) is 2.94. The van der Waals surface area contributed by atoms with E-state index >= 15 is 0 Å². The van der Waals surface area contributed by atoms with Crippen LogP contribution in [0.5, 0.6) is 0 Å². The van der Waals surface area contributed by atoms with E-state index in [9.17, 15) is 4.79 Å². The van der Waals surface area contributed by atoms with Gasteiger partial charge < -0.3 is 20.3 Å². The highest BCUT2D eigenvalue weighted by atomic mass is 16.5. The first kappa shape index (κ1) is 13.6. The first-order valence-corrected chi connectivity index (χ1v) is 5.19. The van der Waals surface area contributed by atoms with Crippen LogP contribution in [0.4, 0.5) is 0 Å². The number of carbonyl (C=O) groups is 1. The molecule has 0 saturated heterocycles. The Morgan fingerprint density at radius 1 is 1.47 bits per heavy atom. The van der Waals surface area contributed by atoms with Gasteiger partial charge in [-0.05, 0) is 12.1 Å². The number of nitrogens with zero attached hydrogens (tertiary/aromatic N) is 1. The number of ether oxygens (including phenoxy) is 1. The highest BCUT2D eigenvalue weighted by Crippen LogP contribution is 2.02. The Bertz CT molecular complexity index is 349. The van der Waals surface area contributed by atoms with E-state index in [0.717, 1.165) is 0 Å². The zero-order valence-corrected chi connectivity index (χ0v) is 9.59. The second-order valence-corrected chi connectivity index (χ2v) is 3.47. The van der Waals surface area contributed by atoms with Gasteiger partial charge in [0.05, 0.1) is 37.6 Å². The average Bonchev–Trinajstić information content (AvgIpc) is 2.39. The normalized spacial score (nSPS) is 10.6. The Morgan fingerprint density at radius 2 is 2.18 bits per heavy atom. The minimum atomic E-state index is -0.430. The molecule has 0 aliphatic carbocycles. The zero-order chi connectivity index (χ0) is 12.7. The molecule has 0 bridgehead atoms. The van der Waals surface area contributed by atoms with Crippen LogP contribution < -0.4 is 5.32 Å². The van der Waals surface area contributed by atoms with Crippen molar-refractivity contribution in [3.63, 3.8) is 0 Å². The fraction of sp³-hybridized carbons (Fsp3) is 0.455. The van der Waals surface area contributed by atoms with E-state index in [1.807, 2.05) is 0 Å². The summed E-state index contributed by atoms with van der Waals surface area (Å²) in [6.07, 6.45) is 1.43. The van der Waals surface area contributed by atoms with Gasteiger partial charge >= 0.3 is 5.97 Å². The van der Waals surface area contributed by atoms with Gasteiger partial charge in [-0.15, -0.1) is 0 Å². The van der Waals surface area contributed by atoms with Crippen molar-refractivity contribution >= 4 is 5.97 Å². The molecule has 0 unspecified atom stereocenters. The van der Waals surface area contributed by atoms with E-state index in [-0.39, 0.29) is 19.3 Å². The van der Waals surface area contributed by atoms with Crippen LogP contribution in [-0.2, 0) is 11.3 Å². The van der Waals surface area contributed by atoms with Crippen LogP contribution in [-0.4, -0.2) is 47.5 Å². The average molecular weight is 240 g/mol. The fourth-order valence-corrected chi connectivity index (χ4v) is 1.20. The lowest BCUT2D eigenvalue weighted by Crippen LogP contribution is -2.35. The summed E-state index contributed by atoms with van der Waals surface area (Å²) in [5.74, 6) is -0.430. The minimum absolute atomic E-state index is 0.142. The molecule has 1 heterocycles. The van der Waals surface area contributed by atoms with Crippen LogP contribution in [0.15, 0.2) is 18.3 Å². The number of aliphatic hydroxyl groups excluding tert-OH is 2. The van der Waals surface area contributed by atoms with Crippen molar-refractivity contribution in [3.05, 3.63) is 29.6 Å². The van der Waals surface area contributed by atoms with Crippen molar-refractivity contribution in [2.24, 2.45) is 0 Å². The topological polar surface area (TPSA) is 91.7 Å². The van der Waals surface area contributed by atoms with Crippen LogP contribution in [0.1, 0.15) is 16.1 Å². The van der Waals surface area contributed by atoms with Crippen LogP contribution in [0.2, 0.25) is 0 Å². The molecule has 0 saturated carbocycles. The first-order valence-electron chi connectivity index (χ1n) is 5.19. The van der Waals surface area contributed by atoms with Crippen molar-refractivity contribution in [2.75, 3.05) is 20.3 Å². The number of hydrogen-bond acceptors (Lipinski definition) is 6. The number of aromatic nitrogens is 1. The van der Waals surface area contributed by atoms with Gasteiger partial charge in [-0.25, -0.2) is 4.79 Å². The number of pyridine rings is 1. The molecule has 3 N–H and O–H groups in total. The summed E-state index contributed by atoms with van der Waals surface area (Å²) >= 11 is 0. The number of rotatable bonds is 6. The number of hydrogen-bond donors (Lipinski definition) is 3. The second-order valence-electron chi connectivity index (χ2n) is 3.47. The van der Waals surface area contributed by atoms with Crippen molar-refractivity contribution in [1.82, 2.24) is 10.3 Å². The Hall–Kier alpha value is -1.50. The number of nitrogens with one attached hydrogen (secondary N) is 1. The van der Waals surface area contributed by atoms with E-state index in [0.29, 0.717) is 17.8 Å². The first-order chi connectivity index (χ1) is 8.21. The highest BCUT2D eigenvalue weighted by Gasteiger charge is 2.07. The van der Waals surface area contributed by atoms with Gasteiger partial charge in [0, 0.05) is 12.7 Å². The predicted molar refractivity (Wildman–Crippen MR) is 60.4 cm³/mol. The highest BCUT2D eigenvalue weighted by molar-refractivity contribution is 5.88. The monoisotopic (exact) mass is 240 g/mol. The Kier molecular flexibility index (Phi) is 5.55. The van der Waals surface area contributed by atoms with Crippen molar-refractivity contribution in [2.45, 2.75) is 12.6 Å². The van der Waals surface area contributed by atoms with Gasteiger partial charge in [-0.1, -0.05) is 0 Å². The molecule has 1 aromatic rings. The maximum atomic E-state index is 11.1. The van der Waals surface area contributed by atoms with E-state index in [1.54, 1.807) is 12.1 Å². The van der Waals surface area contributed by atoms with Crippen LogP contribution in [0, 0.1) is 0 Å². The maximum Gasteiger partial charge on any atom is 0.339 e. The van der Waals surface area contributed by atoms with Gasteiger partial charge in [-0.2, -0.15) is 0 Å². The van der Waals surface area contributed by atoms with E-state index < -0.39 is 5.97 Å². The molecule has 0 radical (unpaired) electrons. The summed E-state index contributed by atoms with van der Waals surface area (Å²) in [4.78, 5) is 15.2. The third kappa shape index (κ3) is 4.10. The molecule has 0 amide bonds. The third-order valence-electron chi connectivity index (χ3n) is 2.26. The molecule has 1 aromatic heterocycles. The van der Waals surface area contributed by atoms with Crippen molar-refractivity contribution < 1.29 is 19.7 Å². The van der Waals surface area contributed by atoms with Crippen LogP contribution in [0.25, 0.3) is 0 Å². The Labute approximate surface area is 99.3 Å². The van der Waals surface area contributed by atoms with Gasteiger partial charge in [0.1, 0.15) is 0 Å². The zero-order valence-electron chi connectivity index (χ0n) is 9.59. The number of methoxy groups -OCH3 is 1. The number of esters is 1. The number of carbonyl (C=O) groups excluding carboxylic acids is 1. The van der Waals surface area contributed by atoms with Gasteiger partial charge in [0.25, 0.3) is 0 Å². The van der Waals surface area contributed by atoms with Crippen molar-refractivity contribution in [1.29, 1.82) is 0 Å². The molecule has 1 rings (SSSR count). The lowest BCUT2D eigenvalue weighted by atomic mass is 10.2. The summed E-state index contributed by atoms with van der Waals surface area (Å²) in [5, 5.41) is 20.6. The lowest BCUT2D eigenvalue weighted by Gasteiger charge is -2.12. The fourth-order valence-electron chi connectivity index (χ4n) is 1.20. The van der Waals surface area contributed by atoms with Gasteiger partial charge in [0.2, 0.25) is 0 Å². The number of aliphatic hydroxyl groups is 2. The molecule has 0 atom stereocenters. The summed E-state index contributed by atoms with van der Waals surface area (Å²) in [7, 11) is 1.31. The maximum absolute atomic E-state index is 11.1. The Morgan fingerprint density at radius 3 is 2.65 bits per heavy atom. The molecule has 94 valence electrons. The quantitative estimate of drug-likeness (QED) is 0.570. The SMILES string of the molecule is COC(=O)c1ccc(CNC(CO)CO)nc1. The standard InChI is InChI=1S/C11H16N2O4/c1-17-11(16)8-2-3-9(12-4-8)5-13-10(6-14)7-15/h2-4,10,13-15H,5-7H2,1H3. The molecule has 0 aliphatic rings. The molecule has 0 aliphatic heterocycles. The molecule has 0 spiro atoms. The summed E-state index contributed by atoms with van der Waals surface area (Å²) in [5.41, 5.74) is 1.10. The van der Waals surface area contributed by atoms with E-state index in [1.165, 1.54) is 13.3 Å². The Balaban J connectivity index is 2.53. The van der Waals surface area contributed by atoms with Crippen molar-refractivity contribution in [3.8, 4) is 0 Å². The molecular formula is C11H16N2O4. The van der Waals surface area contributed by atoms with E-state index in [2.05, 4.69) is 15.0 Å². The van der Waals surface area contributed by atoms with Gasteiger partial charge in [0.15, 0.2) is 0 Å². The largest absolute Gasteiger partial charge is 0.465 e. The molecule has 17 heavy (non-hydrogen) atoms. The minimum Gasteiger partial charge on any atom is -0.465 e.